The van der Waals surface area contributed by atoms with E-state index >= 15 is 0 Å². The first-order valence-electron chi connectivity index (χ1n) is 6.47. The lowest BCUT2D eigenvalue weighted by Crippen LogP contribution is -2.14. The minimum absolute atomic E-state index is 0.616. The summed E-state index contributed by atoms with van der Waals surface area (Å²) in [5, 5.41) is 5.53. The van der Waals surface area contributed by atoms with Gasteiger partial charge in [0.05, 0.1) is 13.7 Å². The van der Waals surface area contributed by atoms with Gasteiger partial charge in [-0.05, 0) is 30.5 Å². The molecule has 2 rings (SSSR count). The minimum atomic E-state index is 0.616. The van der Waals surface area contributed by atoms with Gasteiger partial charge in [-0.15, -0.1) is 11.3 Å². The molecule has 1 aromatic heterocycles. The fraction of sp³-hybridized carbons (Fsp3) is 0.333. The summed E-state index contributed by atoms with van der Waals surface area (Å²) in [5.41, 5.74) is 1.09. The Bertz CT molecular complexity index is 543. The van der Waals surface area contributed by atoms with Crippen molar-refractivity contribution in [2.75, 3.05) is 13.7 Å². The molecule has 0 fully saturated rings. The van der Waals surface area contributed by atoms with Crippen molar-refractivity contribution in [2.45, 2.75) is 20.0 Å². The van der Waals surface area contributed by atoms with Crippen LogP contribution in [0.15, 0.2) is 34.1 Å². The van der Waals surface area contributed by atoms with E-state index in [1.165, 1.54) is 4.88 Å². The third-order valence-corrected chi connectivity index (χ3v) is 4.48. The summed E-state index contributed by atoms with van der Waals surface area (Å²) in [6, 6.07) is 8.10. The quantitative estimate of drug-likeness (QED) is 0.806. The first kappa shape index (κ1) is 15.4. The smallest absolute Gasteiger partial charge is 0.166 e. The van der Waals surface area contributed by atoms with Gasteiger partial charge in [-0.25, -0.2) is 0 Å². The third-order valence-electron chi connectivity index (χ3n) is 2.86. The van der Waals surface area contributed by atoms with Gasteiger partial charge in [0, 0.05) is 28.0 Å². The molecule has 1 heterocycles. The monoisotopic (exact) mass is 355 g/mol. The molecule has 0 saturated heterocycles. The largest absolute Gasteiger partial charge is 0.493 e. The van der Waals surface area contributed by atoms with E-state index in [9.17, 15) is 0 Å². The summed E-state index contributed by atoms with van der Waals surface area (Å²) in [5.74, 6) is 1.58. The molecule has 0 aliphatic carbocycles. The maximum Gasteiger partial charge on any atom is 0.166 e. The second kappa shape index (κ2) is 7.67. The van der Waals surface area contributed by atoms with Gasteiger partial charge in [-0.2, -0.15) is 0 Å². The maximum atomic E-state index is 5.74. The number of benzene rings is 1. The highest BCUT2D eigenvalue weighted by molar-refractivity contribution is 9.10. The molecule has 1 N–H and O–H groups in total. The second-order valence-electron chi connectivity index (χ2n) is 4.17. The molecule has 0 spiro atoms. The molecule has 3 nitrogen and oxygen atoms in total. The highest BCUT2D eigenvalue weighted by atomic mass is 79.9. The van der Waals surface area contributed by atoms with Gasteiger partial charge in [-0.1, -0.05) is 22.0 Å². The standard InChI is InChI=1S/C15H18BrNO2S/c1-3-19-15-12(13(16)6-7-14(15)18-2)10-17-9-11-5-4-8-20-11/h4-8,17H,3,9-10H2,1-2H3. The average Bonchev–Trinajstić information content (AvgIpc) is 2.95. The van der Waals surface area contributed by atoms with Crippen LogP contribution in [0.25, 0.3) is 0 Å². The van der Waals surface area contributed by atoms with Crippen molar-refractivity contribution in [3.05, 3.63) is 44.6 Å². The van der Waals surface area contributed by atoms with Gasteiger partial charge < -0.3 is 14.8 Å². The summed E-state index contributed by atoms with van der Waals surface area (Å²) < 4.78 is 12.1. The molecular formula is C15H18BrNO2S. The van der Waals surface area contributed by atoms with Gasteiger partial charge in [0.1, 0.15) is 0 Å². The van der Waals surface area contributed by atoms with Crippen LogP contribution >= 0.6 is 27.3 Å². The van der Waals surface area contributed by atoms with E-state index in [4.69, 9.17) is 9.47 Å². The fourth-order valence-corrected chi connectivity index (χ4v) is 3.06. The van der Waals surface area contributed by atoms with Crippen molar-refractivity contribution in [3.63, 3.8) is 0 Å². The van der Waals surface area contributed by atoms with Crippen LogP contribution < -0.4 is 14.8 Å². The Kier molecular flexibility index (Phi) is 5.88. The number of methoxy groups -OCH3 is 1. The zero-order valence-electron chi connectivity index (χ0n) is 11.6. The van der Waals surface area contributed by atoms with E-state index < -0.39 is 0 Å². The fourth-order valence-electron chi connectivity index (χ4n) is 1.93. The molecule has 2 aromatic rings. The number of ether oxygens (including phenoxy) is 2. The van der Waals surface area contributed by atoms with Gasteiger partial charge >= 0.3 is 0 Å². The Balaban J connectivity index is 2.12. The van der Waals surface area contributed by atoms with Crippen LogP contribution in [0.1, 0.15) is 17.4 Å². The maximum absolute atomic E-state index is 5.74. The summed E-state index contributed by atoms with van der Waals surface area (Å²) in [4.78, 5) is 1.32. The molecule has 108 valence electrons. The third kappa shape index (κ3) is 3.75. The number of thiophene rings is 1. The van der Waals surface area contributed by atoms with E-state index in [1.807, 2.05) is 19.1 Å². The van der Waals surface area contributed by atoms with Crippen LogP contribution in [0.3, 0.4) is 0 Å². The summed E-state index contributed by atoms with van der Waals surface area (Å²) in [6.45, 7) is 4.17. The summed E-state index contributed by atoms with van der Waals surface area (Å²) in [6.07, 6.45) is 0. The molecule has 20 heavy (non-hydrogen) atoms. The lowest BCUT2D eigenvalue weighted by Gasteiger charge is -2.16. The Morgan fingerprint density at radius 1 is 1.25 bits per heavy atom. The number of halogens is 1. The molecule has 1 aromatic carbocycles. The second-order valence-corrected chi connectivity index (χ2v) is 6.06. The van der Waals surface area contributed by atoms with Crippen molar-refractivity contribution in [1.82, 2.24) is 5.32 Å². The van der Waals surface area contributed by atoms with Crippen molar-refractivity contribution in [3.8, 4) is 11.5 Å². The number of nitrogens with one attached hydrogen (secondary N) is 1. The molecule has 0 aliphatic heterocycles. The average molecular weight is 356 g/mol. The molecule has 0 amide bonds. The first-order valence-corrected chi connectivity index (χ1v) is 8.14. The van der Waals surface area contributed by atoms with Crippen LogP contribution in [-0.2, 0) is 13.1 Å². The molecule has 0 bridgehead atoms. The topological polar surface area (TPSA) is 30.5 Å². The highest BCUT2D eigenvalue weighted by Crippen LogP contribution is 2.36. The Hall–Kier alpha value is -1.04. The zero-order chi connectivity index (χ0) is 14.4. The minimum Gasteiger partial charge on any atom is -0.493 e. The Labute approximate surface area is 132 Å². The number of hydrogen-bond donors (Lipinski definition) is 1. The molecule has 0 atom stereocenters. The van der Waals surface area contributed by atoms with Crippen molar-refractivity contribution < 1.29 is 9.47 Å². The summed E-state index contributed by atoms with van der Waals surface area (Å²) in [7, 11) is 1.66. The van der Waals surface area contributed by atoms with E-state index in [0.717, 1.165) is 34.6 Å². The van der Waals surface area contributed by atoms with E-state index in [1.54, 1.807) is 18.4 Å². The zero-order valence-corrected chi connectivity index (χ0v) is 14.0. The van der Waals surface area contributed by atoms with Crippen LogP contribution in [0.5, 0.6) is 11.5 Å². The van der Waals surface area contributed by atoms with Gasteiger partial charge in [0.25, 0.3) is 0 Å². The lowest BCUT2D eigenvalue weighted by molar-refractivity contribution is 0.306. The van der Waals surface area contributed by atoms with E-state index in [-0.39, 0.29) is 0 Å². The van der Waals surface area contributed by atoms with Crippen LogP contribution in [-0.4, -0.2) is 13.7 Å². The van der Waals surface area contributed by atoms with Crippen LogP contribution in [0.4, 0.5) is 0 Å². The normalized spacial score (nSPS) is 10.6. The van der Waals surface area contributed by atoms with E-state index in [2.05, 4.69) is 38.8 Å². The van der Waals surface area contributed by atoms with Crippen molar-refractivity contribution >= 4 is 27.3 Å². The molecular weight excluding hydrogens is 338 g/mol. The molecule has 5 heteroatoms. The van der Waals surface area contributed by atoms with Crippen molar-refractivity contribution in [1.29, 1.82) is 0 Å². The van der Waals surface area contributed by atoms with E-state index in [0.29, 0.717) is 6.61 Å². The van der Waals surface area contributed by atoms with Crippen molar-refractivity contribution in [2.24, 2.45) is 0 Å². The van der Waals surface area contributed by atoms with Crippen LogP contribution in [0.2, 0.25) is 0 Å². The Morgan fingerprint density at radius 3 is 2.75 bits per heavy atom. The SMILES string of the molecule is CCOc1c(OC)ccc(Br)c1CNCc1cccs1. The summed E-state index contributed by atoms with van der Waals surface area (Å²) >= 11 is 5.34. The highest BCUT2D eigenvalue weighted by Gasteiger charge is 2.13. The molecule has 0 radical (unpaired) electrons. The predicted octanol–water partition coefficient (Wildman–Crippen LogP) is 4.21. The number of hydrogen-bond acceptors (Lipinski definition) is 4. The molecule has 0 aliphatic rings. The lowest BCUT2D eigenvalue weighted by atomic mass is 10.2. The number of rotatable bonds is 7. The first-order chi connectivity index (χ1) is 9.76. The molecule has 0 saturated carbocycles. The van der Waals surface area contributed by atoms with Crippen LogP contribution in [0, 0.1) is 0 Å². The van der Waals surface area contributed by atoms with Gasteiger partial charge in [0.2, 0.25) is 0 Å². The predicted molar refractivity (Wildman–Crippen MR) is 86.7 cm³/mol. The van der Waals surface area contributed by atoms with Gasteiger partial charge in [-0.3, -0.25) is 0 Å². The molecule has 0 unspecified atom stereocenters. The Morgan fingerprint density at radius 2 is 2.10 bits per heavy atom. The van der Waals surface area contributed by atoms with Gasteiger partial charge in [0.15, 0.2) is 11.5 Å².